The molecule has 1 nitrogen and oxygen atoms in total. The molecule has 0 spiro atoms. The number of hydrogen-bond acceptors (Lipinski definition) is 1. The van der Waals surface area contributed by atoms with E-state index >= 15 is 0 Å². The van der Waals surface area contributed by atoms with Crippen molar-refractivity contribution in [2.45, 2.75) is 70.8 Å². The zero-order valence-corrected chi connectivity index (χ0v) is 10.5. The molecule has 1 heterocycles. The van der Waals surface area contributed by atoms with Gasteiger partial charge in [0.05, 0.1) is 0 Å². The van der Waals surface area contributed by atoms with Gasteiger partial charge in [0.25, 0.3) is 0 Å². The molecule has 1 aliphatic carbocycles. The van der Waals surface area contributed by atoms with Crippen molar-refractivity contribution in [2.75, 3.05) is 6.54 Å². The third-order valence-corrected chi connectivity index (χ3v) is 4.84. The first-order valence-corrected chi connectivity index (χ1v) is 7.01. The lowest BCUT2D eigenvalue weighted by atomic mass is 9.71. The first kappa shape index (κ1) is 11.4. The van der Waals surface area contributed by atoms with E-state index in [1.54, 1.807) is 0 Å². The maximum atomic E-state index is 3.87. The maximum absolute atomic E-state index is 3.87. The molecule has 1 saturated heterocycles. The van der Waals surface area contributed by atoms with E-state index in [0.717, 1.165) is 11.8 Å². The Bertz CT molecular complexity index is 184. The summed E-state index contributed by atoms with van der Waals surface area (Å²) in [4.78, 5) is 0. The zero-order valence-electron chi connectivity index (χ0n) is 10.5. The standard InChI is InChI=1S/C14H27N/c1-12(2)14(10-7-11-15-14)13-8-5-3-4-6-9-13/h12-13,15H,3-11H2,1-2H3. The molecular weight excluding hydrogens is 182 g/mol. The summed E-state index contributed by atoms with van der Waals surface area (Å²) in [6, 6.07) is 0. The fourth-order valence-electron chi connectivity index (χ4n) is 3.90. The zero-order chi connectivity index (χ0) is 10.7. The van der Waals surface area contributed by atoms with Gasteiger partial charge in [-0.3, -0.25) is 0 Å². The van der Waals surface area contributed by atoms with Crippen LogP contribution in [0.4, 0.5) is 0 Å². The van der Waals surface area contributed by atoms with Crippen molar-refractivity contribution in [1.29, 1.82) is 0 Å². The Morgan fingerprint density at radius 3 is 2.13 bits per heavy atom. The fourth-order valence-corrected chi connectivity index (χ4v) is 3.90. The van der Waals surface area contributed by atoms with Crippen LogP contribution >= 0.6 is 0 Å². The van der Waals surface area contributed by atoms with Crippen LogP contribution < -0.4 is 5.32 Å². The van der Waals surface area contributed by atoms with Gasteiger partial charge in [-0.15, -0.1) is 0 Å². The van der Waals surface area contributed by atoms with Crippen molar-refractivity contribution < 1.29 is 0 Å². The van der Waals surface area contributed by atoms with Gasteiger partial charge < -0.3 is 5.32 Å². The Morgan fingerprint density at radius 2 is 1.67 bits per heavy atom. The molecule has 1 unspecified atom stereocenters. The van der Waals surface area contributed by atoms with Crippen LogP contribution in [0.3, 0.4) is 0 Å². The minimum Gasteiger partial charge on any atom is -0.311 e. The molecule has 1 atom stereocenters. The Balaban J connectivity index is 2.08. The summed E-state index contributed by atoms with van der Waals surface area (Å²) in [6.07, 6.45) is 11.7. The Labute approximate surface area is 95.0 Å². The van der Waals surface area contributed by atoms with Crippen molar-refractivity contribution in [2.24, 2.45) is 11.8 Å². The van der Waals surface area contributed by atoms with Crippen LogP contribution in [0, 0.1) is 11.8 Å². The van der Waals surface area contributed by atoms with Crippen LogP contribution in [0.5, 0.6) is 0 Å². The van der Waals surface area contributed by atoms with E-state index in [2.05, 4.69) is 19.2 Å². The minimum absolute atomic E-state index is 0.504. The van der Waals surface area contributed by atoms with E-state index in [1.165, 1.54) is 57.9 Å². The molecule has 1 saturated carbocycles. The van der Waals surface area contributed by atoms with Gasteiger partial charge in [-0.05, 0) is 44.1 Å². The molecule has 88 valence electrons. The van der Waals surface area contributed by atoms with Crippen LogP contribution in [0.1, 0.15) is 65.2 Å². The largest absolute Gasteiger partial charge is 0.311 e. The monoisotopic (exact) mass is 209 g/mol. The predicted octanol–water partition coefficient (Wildman–Crippen LogP) is 3.74. The van der Waals surface area contributed by atoms with Crippen molar-refractivity contribution >= 4 is 0 Å². The third kappa shape index (κ3) is 2.22. The van der Waals surface area contributed by atoms with E-state index < -0.39 is 0 Å². The summed E-state index contributed by atoms with van der Waals surface area (Å²) in [5, 5.41) is 3.87. The topological polar surface area (TPSA) is 12.0 Å². The molecule has 15 heavy (non-hydrogen) atoms. The quantitative estimate of drug-likeness (QED) is 0.683. The van der Waals surface area contributed by atoms with E-state index in [1.807, 2.05) is 0 Å². The molecule has 0 bridgehead atoms. The number of rotatable bonds is 2. The van der Waals surface area contributed by atoms with Gasteiger partial charge in [0.15, 0.2) is 0 Å². The smallest absolute Gasteiger partial charge is 0.0233 e. The van der Waals surface area contributed by atoms with Gasteiger partial charge in [0.2, 0.25) is 0 Å². The molecule has 2 fully saturated rings. The van der Waals surface area contributed by atoms with E-state index in [-0.39, 0.29) is 0 Å². The molecule has 1 aliphatic heterocycles. The van der Waals surface area contributed by atoms with Crippen LogP contribution in [-0.4, -0.2) is 12.1 Å². The Hall–Kier alpha value is -0.0400. The van der Waals surface area contributed by atoms with Crippen LogP contribution in [-0.2, 0) is 0 Å². The lowest BCUT2D eigenvalue weighted by Gasteiger charge is -2.41. The summed E-state index contributed by atoms with van der Waals surface area (Å²) in [6.45, 7) is 6.10. The molecule has 0 aromatic carbocycles. The molecule has 0 amide bonds. The maximum Gasteiger partial charge on any atom is 0.0233 e. The Kier molecular flexibility index (Phi) is 3.71. The van der Waals surface area contributed by atoms with Crippen LogP contribution in [0.15, 0.2) is 0 Å². The van der Waals surface area contributed by atoms with Crippen molar-refractivity contribution in [3.63, 3.8) is 0 Å². The number of nitrogens with one attached hydrogen (secondary N) is 1. The predicted molar refractivity (Wildman–Crippen MR) is 66.0 cm³/mol. The van der Waals surface area contributed by atoms with E-state index in [9.17, 15) is 0 Å². The molecule has 2 rings (SSSR count). The third-order valence-electron chi connectivity index (χ3n) is 4.84. The van der Waals surface area contributed by atoms with Gasteiger partial charge in [0, 0.05) is 5.54 Å². The second kappa shape index (κ2) is 4.86. The highest BCUT2D eigenvalue weighted by atomic mass is 15.0. The lowest BCUT2D eigenvalue weighted by molar-refractivity contribution is 0.151. The second-order valence-corrected chi connectivity index (χ2v) is 5.91. The molecule has 1 N–H and O–H groups in total. The van der Waals surface area contributed by atoms with Gasteiger partial charge in [-0.2, -0.15) is 0 Å². The van der Waals surface area contributed by atoms with Gasteiger partial charge >= 0.3 is 0 Å². The van der Waals surface area contributed by atoms with Gasteiger partial charge in [-0.25, -0.2) is 0 Å². The summed E-state index contributed by atoms with van der Waals surface area (Å²) in [7, 11) is 0. The average molecular weight is 209 g/mol. The first-order chi connectivity index (χ1) is 7.26. The highest BCUT2D eigenvalue weighted by Gasteiger charge is 2.42. The van der Waals surface area contributed by atoms with Crippen molar-refractivity contribution in [3.05, 3.63) is 0 Å². The lowest BCUT2D eigenvalue weighted by Crippen LogP contribution is -2.51. The highest BCUT2D eigenvalue weighted by Crippen LogP contribution is 2.41. The normalized spacial score (nSPS) is 34.6. The average Bonchev–Trinajstić information content (AvgIpc) is 2.56. The Morgan fingerprint density at radius 1 is 1.00 bits per heavy atom. The number of hydrogen-bond donors (Lipinski definition) is 1. The van der Waals surface area contributed by atoms with Crippen LogP contribution in [0.2, 0.25) is 0 Å². The van der Waals surface area contributed by atoms with E-state index in [4.69, 9.17) is 0 Å². The molecule has 1 heteroatoms. The molecule has 0 radical (unpaired) electrons. The molecule has 0 aromatic rings. The summed E-state index contributed by atoms with van der Waals surface area (Å²) in [5.41, 5.74) is 0.504. The minimum atomic E-state index is 0.504. The second-order valence-electron chi connectivity index (χ2n) is 5.91. The summed E-state index contributed by atoms with van der Waals surface area (Å²) in [5.74, 6) is 1.77. The highest BCUT2D eigenvalue weighted by molar-refractivity contribution is 5.00. The van der Waals surface area contributed by atoms with Crippen molar-refractivity contribution in [1.82, 2.24) is 5.32 Å². The summed E-state index contributed by atoms with van der Waals surface area (Å²) < 4.78 is 0. The van der Waals surface area contributed by atoms with Gasteiger partial charge in [-0.1, -0.05) is 39.5 Å². The first-order valence-electron chi connectivity index (χ1n) is 7.01. The molecule has 0 aromatic heterocycles. The summed E-state index contributed by atoms with van der Waals surface area (Å²) >= 11 is 0. The molecular formula is C14H27N. The fraction of sp³-hybridized carbons (Fsp3) is 1.00. The van der Waals surface area contributed by atoms with Gasteiger partial charge in [0.1, 0.15) is 0 Å². The van der Waals surface area contributed by atoms with E-state index in [0.29, 0.717) is 5.54 Å². The van der Waals surface area contributed by atoms with Crippen LogP contribution in [0.25, 0.3) is 0 Å². The SMILES string of the molecule is CC(C)C1(C2CCCCCC2)CCCN1. The molecule has 2 aliphatic rings. The van der Waals surface area contributed by atoms with Crippen molar-refractivity contribution in [3.8, 4) is 0 Å².